The van der Waals surface area contributed by atoms with E-state index in [4.69, 9.17) is 5.73 Å². The van der Waals surface area contributed by atoms with E-state index in [2.05, 4.69) is 27.5 Å². The Kier molecular flexibility index (Phi) is 4.56. The minimum atomic E-state index is -0.0416. The molecule has 0 aliphatic heterocycles. The predicted octanol–water partition coefficient (Wildman–Crippen LogP) is 3.05. The number of amides is 1. The molecule has 0 heterocycles. The molecular formula is C13H17BrN2OS. The summed E-state index contributed by atoms with van der Waals surface area (Å²) in [6, 6.07) is 5.65. The number of carbonyl (C=O) groups is 1. The van der Waals surface area contributed by atoms with E-state index in [1.54, 1.807) is 18.2 Å². The number of rotatable bonds is 3. The molecule has 0 bridgehead atoms. The molecule has 1 aromatic rings. The number of nitrogens with one attached hydrogen (secondary N) is 1. The summed E-state index contributed by atoms with van der Waals surface area (Å²) in [4.78, 5) is 12.2. The fourth-order valence-corrected chi connectivity index (χ4v) is 3.72. The molecule has 98 valence electrons. The van der Waals surface area contributed by atoms with Gasteiger partial charge in [-0.1, -0.05) is 12.5 Å². The van der Waals surface area contributed by atoms with Crippen molar-refractivity contribution >= 4 is 39.3 Å². The normalized spacial score (nSPS) is 23.0. The summed E-state index contributed by atoms with van der Waals surface area (Å²) >= 11 is 5.21. The van der Waals surface area contributed by atoms with Crippen molar-refractivity contribution in [2.45, 2.75) is 30.6 Å². The minimum absolute atomic E-state index is 0.0416. The first-order chi connectivity index (χ1) is 8.63. The zero-order chi connectivity index (χ0) is 13.1. The fourth-order valence-electron chi connectivity index (χ4n) is 2.34. The Hall–Kier alpha value is -0.680. The molecule has 18 heavy (non-hydrogen) atoms. The molecule has 1 aliphatic carbocycles. The molecule has 1 saturated carbocycles. The molecule has 2 atom stereocenters. The van der Waals surface area contributed by atoms with E-state index in [1.165, 1.54) is 12.8 Å². The summed E-state index contributed by atoms with van der Waals surface area (Å²) in [5.41, 5.74) is 6.99. The van der Waals surface area contributed by atoms with Gasteiger partial charge in [-0.25, -0.2) is 0 Å². The van der Waals surface area contributed by atoms with Crippen molar-refractivity contribution in [2.24, 2.45) is 0 Å². The number of hydrogen-bond donors (Lipinski definition) is 2. The van der Waals surface area contributed by atoms with Crippen LogP contribution < -0.4 is 11.1 Å². The number of hydrogen-bond acceptors (Lipinski definition) is 3. The van der Waals surface area contributed by atoms with E-state index in [0.717, 1.165) is 6.42 Å². The lowest BCUT2D eigenvalue weighted by Gasteiger charge is -2.19. The second-order valence-electron chi connectivity index (χ2n) is 4.49. The zero-order valence-electron chi connectivity index (χ0n) is 10.3. The third-order valence-electron chi connectivity index (χ3n) is 3.35. The number of anilines is 1. The number of nitrogen functional groups attached to an aromatic ring is 1. The lowest BCUT2D eigenvalue weighted by atomic mass is 10.1. The van der Waals surface area contributed by atoms with Gasteiger partial charge in [-0.2, -0.15) is 11.8 Å². The summed E-state index contributed by atoms with van der Waals surface area (Å²) in [6.45, 7) is 0. The molecule has 2 rings (SSSR count). The predicted molar refractivity (Wildman–Crippen MR) is 81.0 cm³/mol. The van der Waals surface area contributed by atoms with Gasteiger partial charge in [0.05, 0.1) is 10.0 Å². The van der Waals surface area contributed by atoms with E-state index in [0.29, 0.717) is 21.0 Å². The molecule has 0 radical (unpaired) electrons. The Morgan fingerprint density at radius 3 is 3.00 bits per heavy atom. The van der Waals surface area contributed by atoms with Gasteiger partial charge in [0.1, 0.15) is 0 Å². The van der Waals surface area contributed by atoms with Crippen LogP contribution in [0, 0.1) is 0 Å². The summed E-state index contributed by atoms with van der Waals surface area (Å²) in [5.74, 6) is -0.0416. The molecule has 1 fully saturated rings. The monoisotopic (exact) mass is 328 g/mol. The molecule has 1 aliphatic rings. The molecule has 1 aromatic carbocycles. The van der Waals surface area contributed by atoms with Crippen molar-refractivity contribution in [1.82, 2.24) is 5.32 Å². The Labute approximate surface area is 120 Å². The Bertz CT molecular complexity index is 453. The highest BCUT2D eigenvalue weighted by molar-refractivity contribution is 9.10. The Morgan fingerprint density at radius 2 is 2.28 bits per heavy atom. The fraction of sp³-hybridized carbons (Fsp3) is 0.462. The van der Waals surface area contributed by atoms with Crippen molar-refractivity contribution < 1.29 is 4.79 Å². The van der Waals surface area contributed by atoms with Crippen LogP contribution in [0.5, 0.6) is 0 Å². The van der Waals surface area contributed by atoms with E-state index in [9.17, 15) is 4.79 Å². The van der Waals surface area contributed by atoms with Crippen LogP contribution in [-0.4, -0.2) is 23.5 Å². The van der Waals surface area contributed by atoms with Crippen LogP contribution in [0.3, 0.4) is 0 Å². The summed E-state index contributed by atoms with van der Waals surface area (Å²) in [6.07, 6.45) is 5.54. The Balaban J connectivity index is 2.10. The lowest BCUT2D eigenvalue weighted by molar-refractivity contribution is 0.0938. The van der Waals surface area contributed by atoms with Gasteiger partial charge in [-0.3, -0.25) is 4.79 Å². The number of carbonyl (C=O) groups excluding carboxylic acids is 1. The maximum Gasteiger partial charge on any atom is 0.252 e. The number of halogens is 1. The molecule has 2 unspecified atom stereocenters. The zero-order valence-corrected chi connectivity index (χ0v) is 12.7. The minimum Gasteiger partial charge on any atom is -0.398 e. The SMILES string of the molecule is CSC1CCCC1NC(=O)c1cccc(N)c1Br. The van der Waals surface area contributed by atoms with Crippen LogP contribution in [-0.2, 0) is 0 Å². The molecule has 3 N–H and O–H groups in total. The molecule has 5 heteroatoms. The lowest BCUT2D eigenvalue weighted by Crippen LogP contribution is -2.38. The standard InChI is InChI=1S/C13H17BrN2OS/c1-18-11-7-3-6-10(11)16-13(17)8-4-2-5-9(15)12(8)14/h2,4-5,10-11H,3,6-7,15H2,1H3,(H,16,17). The van der Waals surface area contributed by atoms with Gasteiger partial charge in [0.25, 0.3) is 5.91 Å². The quantitative estimate of drug-likeness (QED) is 0.838. The van der Waals surface area contributed by atoms with E-state index < -0.39 is 0 Å². The first kappa shape index (κ1) is 13.7. The molecule has 0 spiro atoms. The molecule has 0 saturated heterocycles. The van der Waals surface area contributed by atoms with Crippen LogP contribution in [0.2, 0.25) is 0 Å². The largest absolute Gasteiger partial charge is 0.398 e. The topological polar surface area (TPSA) is 55.1 Å². The van der Waals surface area contributed by atoms with Crippen LogP contribution in [0.1, 0.15) is 29.6 Å². The van der Waals surface area contributed by atoms with Gasteiger partial charge >= 0.3 is 0 Å². The van der Waals surface area contributed by atoms with Crippen molar-refractivity contribution in [1.29, 1.82) is 0 Å². The molecular weight excluding hydrogens is 312 g/mol. The first-order valence-electron chi connectivity index (χ1n) is 6.01. The van der Waals surface area contributed by atoms with E-state index in [1.807, 2.05) is 11.8 Å². The van der Waals surface area contributed by atoms with Gasteiger partial charge in [0.2, 0.25) is 0 Å². The highest BCUT2D eigenvalue weighted by Gasteiger charge is 2.28. The average Bonchev–Trinajstić information content (AvgIpc) is 2.79. The highest BCUT2D eigenvalue weighted by atomic mass is 79.9. The second kappa shape index (κ2) is 5.97. The number of benzene rings is 1. The van der Waals surface area contributed by atoms with Crippen LogP contribution in [0.25, 0.3) is 0 Å². The van der Waals surface area contributed by atoms with Crippen molar-refractivity contribution in [3.8, 4) is 0 Å². The maximum atomic E-state index is 12.2. The summed E-state index contributed by atoms with van der Waals surface area (Å²) in [7, 11) is 0. The number of nitrogens with two attached hydrogens (primary N) is 1. The molecule has 1 amide bonds. The third-order valence-corrected chi connectivity index (χ3v) is 5.40. The average molecular weight is 329 g/mol. The van der Waals surface area contributed by atoms with Crippen LogP contribution in [0.4, 0.5) is 5.69 Å². The summed E-state index contributed by atoms with van der Waals surface area (Å²) in [5, 5.41) is 3.65. The Morgan fingerprint density at radius 1 is 1.50 bits per heavy atom. The maximum absolute atomic E-state index is 12.2. The van der Waals surface area contributed by atoms with Gasteiger partial charge in [0, 0.05) is 17.0 Å². The third kappa shape index (κ3) is 2.83. The summed E-state index contributed by atoms with van der Waals surface area (Å²) < 4.78 is 0.682. The van der Waals surface area contributed by atoms with Gasteiger partial charge in [-0.05, 0) is 47.2 Å². The molecule has 0 aromatic heterocycles. The van der Waals surface area contributed by atoms with Crippen molar-refractivity contribution in [3.63, 3.8) is 0 Å². The van der Waals surface area contributed by atoms with Gasteiger partial charge in [-0.15, -0.1) is 0 Å². The van der Waals surface area contributed by atoms with E-state index in [-0.39, 0.29) is 11.9 Å². The van der Waals surface area contributed by atoms with Gasteiger partial charge < -0.3 is 11.1 Å². The van der Waals surface area contributed by atoms with Crippen LogP contribution >= 0.6 is 27.7 Å². The smallest absolute Gasteiger partial charge is 0.252 e. The van der Waals surface area contributed by atoms with Gasteiger partial charge in [0.15, 0.2) is 0 Å². The van der Waals surface area contributed by atoms with Crippen molar-refractivity contribution in [3.05, 3.63) is 28.2 Å². The number of thioether (sulfide) groups is 1. The molecule has 3 nitrogen and oxygen atoms in total. The van der Waals surface area contributed by atoms with Crippen molar-refractivity contribution in [2.75, 3.05) is 12.0 Å². The van der Waals surface area contributed by atoms with E-state index >= 15 is 0 Å². The van der Waals surface area contributed by atoms with Crippen LogP contribution in [0.15, 0.2) is 22.7 Å². The second-order valence-corrected chi connectivity index (χ2v) is 6.36. The first-order valence-corrected chi connectivity index (χ1v) is 8.09. The highest BCUT2D eigenvalue weighted by Crippen LogP contribution is 2.29.